The zero-order valence-electron chi connectivity index (χ0n) is 8.21. The molecule has 0 spiro atoms. The Kier molecular flexibility index (Phi) is 64.5. The Hall–Kier alpha value is 1.60. The maximum atomic E-state index is 10.8. The van der Waals surface area contributed by atoms with Crippen LogP contribution in [0.15, 0.2) is 0 Å². The van der Waals surface area contributed by atoms with Gasteiger partial charge in [-0.25, -0.2) is 0 Å². The number of carbonyl (C=O) groups excluding carboxylic acids is 1. The van der Waals surface area contributed by atoms with E-state index < -0.39 is 0 Å². The summed E-state index contributed by atoms with van der Waals surface area (Å²) in [5.74, 6) is 0.206. The second kappa shape index (κ2) is 20.1. The van der Waals surface area contributed by atoms with Gasteiger partial charge in [-0.15, -0.1) is 0 Å². The fraction of sp³-hybridized carbons (Fsp3) is 0.700. The number of carbonyl (C=O) groups is 1. The smallest absolute Gasteiger partial charge is 0.358 e. The second-order valence-corrected chi connectivity index (χ2v) is 2.90. The van der Waals surface area contributed by atoms with Crippen molar-refractivity contribution >= 4 is 5.78 Å². The minimum atomic E-state index is -0.186. The van der Waals surface area contributed by atoms with Gasteiger partial charge in [0.2, 0.25) is 0 Å². The van der Waals surface area contributed by atoms with Crippen LogP contribution in [0.2, 0.25) is 0 Å². The molecular weight excluding hydrogens is 688 g/mol. The molecule has 0 aliphatic carbocycles. The summed E-state index contributed by atoms with van der Waals surface area (Å²) in [7, 11) is 0. The third-order valence-electron chi connectivity index (χ3n) is 1.00. The van der Waals surface area contributed by atoms with E-state index in [4.69, 9.17) is 0 Å². The molecule has 4 heteroatoms. The molecule has 0 aliphatic rings. The molecule has 0 radical (unpaired) electrons. The van der Waals surface area contributed by atoms with Crippen LogP contribution in [0.5, 0.6) is 0 Å². The quantitative estimate of drug-likeness (QED) is 0.381. The van der Waals surface area contributed by atoms with Crippen molar-refractivity contribution in [3.8, 4) is 0 Å². The van der Waals surface area contributed by atoms with Crippen LogP contribution in [0, 0.1) is 19.3 Å². The molecule has 0 rings (SSSR count). The summed E-state index contributed by atoms with van der Waals surface area (Å²) in [5, 5.41) is 0. The van der Waals surface area contributed by atoms with E-state index in [9.17, 15) is 4.79 Å². The Bertz CT molecular complexity index is 98.0. The van der Waals surface area contributed by atoms with Crippen LogP contribution >= 0.6 is 0 Å². The predicted molar refractivity (Wildman–Crippen MR) is 54.3 cm³/mol. The molecule has 0 aromatic rings. The Morgan fingerprint density at radius 2 is 1.29 bits per heavy atom. The van der Waals surface area contributed by atoms with Crippen molar-refractivity contribution in [3.05, 3.63) is 13.8 Å². The van der Waals surface area contributed by atoms with Gasteiger partial charge in [0.15, 0.2) is 0 Å². The Morgan fingerprint density at radius 3 is 1.29 bits per heavy atom. The Balaban J connectivity index is -0.0000000163. The molecule has 0 saturated heterocycles. The van der Waals surface area contributed by atoms with E-state index in [-0.39, 0.29) is 96.7 Å². The zero-order valence-corrected chi connectivity index (χ0v) is 17.0. The van der Waals surface area contributed by atoms with Crippen molar-refractivity contribution < 1.29 is 68.0 Å². The normalized spacial score (nSPS) is 6.29. The van der Waals surface area contributed by atoms with Crippen molar-refractivity contribution in [2.24, 2.45) is 5.41 Å². The summed E-state index contributed by atoms with van der Waals surface area (Å²) >= 11 is 0. The van der Waals surface area contributed by atoms with Gasteiger partial charge >= 0.3 is 21.1 Å². The molecule has 0 N–H and O–H groups in total. The van der Waals surface area contributed by atoms with Crippen molar-refractivity contribution in [2.75, 3.05) is 0 Å². The van der Waals surface area contributed by atoms with Crippen LogP contribution < -0.4 is 0 Å². The number of ketones is 1. The van der Waals surface area contributed by atoms with E-state index in [1.165, 1.54) is 0 Å². The van der Waals surface area contributed by atoms with Crippen LogP contribution in [0.4, 0.5) is 0 Å². The van der Waals surface area contributed by atoms with Gasteiger partial charge in [-0.1, -0.05) is 35.6 Å². The van der Waals surface area contributed by atoms with Crippen LogP contribution in [0.1, 0.15) is 42.5 Å². The molecule has 0 aromatic heterocycles. The minimum Gasteiger partial charge on any atom is -0.358 e. The monoisotopic (exact) mass is 712 g/mol. The molecule has 1 nitrogen and oxygen atoms in total. The van der Waals surface area contributed by atoms with E-state index in [1.54, 1.807) is 13.3 Å². The fourth-order valence-corrected chi connectivity index (χ4v) is 0.433. The molecule has 0 fully saturated rings. The number of hydrogen-bond acceptors (Lipinski definition) is 1. The van der Waals surface area contributed by atoms with Gasteiger partial charge in [-0.3, -0.25) is 0 Å². The number of rotatable bonds is 1. The first-order valence-electron chi connectivity index (χ1n) is 2.82. The van der Waals surface area contributed by atoms with E-state index in [0.717, 1.165) is 0 Å². The molecular formula is C10H24OW3. The molecule has 0 heterocycles. The van der Waals surface area contributed by atoms with E-state index in [0.29, 0.717) is 0 Å². The Morgan fingerprint density at radius 1 is 1.07 bits per heavy atom. The molecule has 0 bridgehead atoms. The molecule has 0 unspecified atom stereocenters. The van der Waals surface area contributed by atoms with Gasteiger partial charge in [0.25, 0.3) is 0 Å². The van der Waals surface area contributed by atoms with E-state index >= 15 is 0 Å². The summed E-state index contributed by atoms with van der Waals surface area (Å²) in [5.41, 5.74) is -0.186. The second-order valence-electron chi connectivity index (χ2n) is 2.90. The third kappa shape index (κ3) is 23.4. The van der Waals surface area contributed by atoms with Crippen molar-refractivity contribution in [1.29, 1.82) is 0 Å². The molecule has 0 saturated carbocycles. The first-order chi connectivity index (χ1) is 3.48. The average molecular weight is 712 g/mol. The fourth-order valence-electron chi connectivity index (χ4n) is 0.433. The van der Waals surface area contributed by atoms with Gasteiger partial charge in [0.1, 0.15) is 0 Å². The molecule has 0 atom stereocenters. The van der Waals surface area contributed by atoms with Crippen LogP contribution in [-0.2, 0) is 68.0 Å². The third-order valence-corrected chi connectivity index (χ3v) is 1.00. The van der Waals surface area contributed by atoms with Crippen molar-refractivity contribution in [1.82, 2.24) is 0 Å². The van der Waals surface area contributed by atoms with E-state index in [1.807, 2.05) is 20.8 Å². The maximum Gasteiger partial charge on any atom is 2.00 e. The van der Waals surface area contributed by atoms with Crippen LogP contribution in [0.25, 0.3) is 0 Å². The minimum absolute atomic E-state index is 0. The van der Waals surface area contributed by atoms with Crippen molar-refractivity contribution in [3.63, 3.8) is 0 Å². The maximum absolute atomic E-state index is 10.8. The summed E-state index contributed by atoms with van der Waals surface area (Å²) in [6, 6.07) is 0. The summed E-state index contributed by atoms with van der Waals surface area (Å²) in [6.45, 7) is 7.51. The van der Waals surface area contributed by atoms with E-state index in [2.05, 4.69) is 0 Å². The standard InChI is InChI=1S/C7H13O.2CH4.CH3.3W/c1-5-6(8)7(2,3)4;;;;;;/h5H,1-4H3;2*1H4;1H3;;;/q-1;;;-1;;;+2. The summed E-state index contributed by atoms with van der Waals surface area (Å²) in [4.78, 5) is 10.8. The topological polar surface area (TPSA) is 17.1 Å². The molecule has 0 aromatic carbocycles. The summed E-state index contributed by atoms with van der Waals surface area (Å²) < 4.78 is 0. The summed E-state index contributed by atoms with van der Waals surface area (Å²) in [6.07, 6.45) is 1.61. The largest absolute Gasteiger partial charge is 2.00 e. The predicted octanol–water partition coefficient (Wildman–Crippen LogP) is 3.54. The van der Waals surface area contributed by atoms with Crippen molar-refractivity contribution in [2.45, 2.75) is 42.5 Å². The van der Waals surface area contributed by atoms with Crippen LogP contribution in [0.3, 0.4) is 0 Å². The Labute approximate surface area is 134 Å². The van der Waals surface area contributed by atoms with Crippen LogP contribution in [-0.4, -0.2) is 5.78 Å². The number of Topliss-reactive ketones (excluding diaryl/α,β-unsaturated/α-hetero) is 1. The van der Waals surface area contributed by atoms with Gasteiger partial charge in [0, 0.05) is 47.9 Å². The average Bonchev–Trinajstić information content (AvgIpc) is 1.62. The zero-order chi connectivity index (χ0) is 6.78. The number of hydrogen-bond donors (Lipinski definition) is 0. The molecule has 14 heavy (non-hydrogen) atoms. The molecule has 0 aliphatic heterocycles. The molecule has 88 valence electrons. The van der Waals surface area contributed by atoms with Gasteiger partial charge in [0.05, 0.1) is 0 Å². The van der Waals surface area contributed by atoms with Gasteiger partial charge < -0.3 is 18.6 Å². The first-order valence-corrected chi connectivity index (χ1v) is 2.82. The van der Waals surface area contributed by atoms with Gasteiger partial charge in [-0.05, 0) is 5.41 Å². The molecule has 0 amide bonds. The SMILES string of the molecule is C.C.C[CH-]C(=O)C(C)(C)C.[CH3-].[W+2].[W].[W]. The van der Waals surface area contributed by atoms with Gasteiger partial charge in [-0.2, -0.15) is 6.92 Å². The first kappa shape index (κ1) is 45.0.